The summed E-state index contributed by atoms with van der Waals surface area (Å²) in [6.07, 6.45) is 0. The lowest BCUT2D eigenvalue weighted by Gasteiger charge is -2.17. The van der Waals surface area contributed by atoms with Crippen molar-refractivity contribution in [2.24, 2.45) is 5.73 Å². The zero-order valence-corrected chi connectivity index (χ0v) is 16.5. The molecule has 1 aromatic carbocycles. The summed E-state index contributed by atoms with van der Waals surface area (Å²) in [5.41, 5.74) is 6.36. The molecule has 25 heavy (non-hydrogen) atoms. The lowest BCUT2D eigenvalue weighted by molar-refractivity contribution is -0.128. The summed E-state index contributed by atoms with van der Waals surface area (Å²) in [6.45, 7) is 5.31. The zero-order chi connectivity index (χ0) is 18.2. The molecule has 1 unspecified atom stereocenters. The first-order chi connectivity index (χ1) is 12.0. The molecule has 0 aliphatic heterocycles. The van der Waals surface area contributed by atoms with E-state index in [-0.39, 0.29) is 5.91 Å². The van der Waals surface area contributed by atoms with Gasteiger partial charge in [0.25, 0.3) is 0 Å². The van der Waals surface area contributed by atoms with Crippen molar-refractivity contribution in [1.82, 2.24) is 15.1 Å². The number of nitrogens with zero attached hydrogens (tertiary/aromatic N) is 3. The number of amides is 2. The van der Waals surface area contributed by atoms with Crippen molar-refractivity contribution >= 4 is 46.7 Å². The van der Waals surface area contributed by atoms with E-state index < -0.39 is 11.2 Å². The lowest BCUT2D eigenvalue weighted by Crippen LogP contribution is -2.31. The summed E-state index contributed by atoms with van der Waals surface area (Å²) in [5, 5.41) is 7.69. The highest BCUT2D eigenvalue weighted by Gasteiger charge is 2.21. The summed E-state index contributed by atoms with van der Waals surface area (Å²) in [7, 11) is 0. The largest absolute Gasteiger partial charge is 0.368 e. The number of carbonyl (C=O) groups excluding carboxylic acids is 2. The molecule has 9 heteroatoms. The number of thioether (sulfide) groups is 2. The molecule has 2 amide bonds. The van der Waals surface area contributed by atoms with Crippen LogP contribution < -0.4 is 5.73 Å². The maximum atomic E-state index is 12.0. The fourth-order valence-electron chi connectivity index (χ4n) is 2.11. The zero-order valence-electron chi connectivity index (χ0n) is 14.0. The molecule has 134 valence electrons. The third kappa shape index (κ3) is 5.72. The average molecular weight is 397 g/mol. The second kappa shape index (κ2) is 9.79. The molecule has 0 bridgehead atoms. The van der Waals surface area contributed by atoms with Gasteiger partial charge in [-0.15, -0.1) is 10.2 Å². The first kappa shape index (κ1) is 19.7. The van der Waals surface area contributed by atoms with E-state index in [1.54, 1.807) is 4.90 Å². The minimum Gasteiger partial charge on any atom is -0.368 e. The summed E-state index contributed by atoms with van der Waals surface area (Å²) < 4.78 is 1.37. The molecule has 1 heterocycles. The number of carbonyl (C=O) groups is 2. The van der Waals surface area contributed by atoms with E-state index in [2.05, 4.69) is 10.2 Å². The molecule has 2 rings (SSSR count). The van der Waals surface area contributed by atoms with Crippen molar-refractivity contribution in [3.63, 3.8) is 0 Å². The smallest absolute Gasteiger partial charge is 0.235 e. The number of hydrogen-bond donors (Lipinski definition) is 1. The molecule has 0 radical (unpaired) electrons. The van der Waals surface area contributed by atoms with Gasteiger partial charge < -0.3 is 10.6 Å². The molecule has 0 fully saturated rings. The molecule has 0 saturated carbocycles. The van der Waals surface area contributed by atoms with E-state index in [1.807, 2.05) is 44.2 Å². The van der Waals surface area contributed by atoms with E-state index in [4.69, 9.17) is 5.73 Å². The van der Waals surface area contributed by atoms with Gasteiger partial charge in [-0.3, -0.25) is 9.59 Å². The Morgan fingerprint density at radius 2 is 1.80 bits per heavy atom. The molecule has 2 aromatic rings. The number of hydrogen-bond acceptors (Lipinski definition) is 7. The standard InChI is InChI=1S/C16H20N4O2S3/c1-3-20(4-2)12(21)10-23-15-18-19-16(25-15)24-13(14(17)22)11-8-6-5-7-9-11/h5-9,13H,3-4,10H2,1-2H3,(H2,17,22). The Bertz CT molecular complexity index is 704. The Hall–Kier alpha value is -1.58. The molecule has 1 atom stereocenters. The Labute approximate surface area is 159 Å². The van der Waals surface area contributed by atoms with Crippen LogP contribution in [-0.4, -0.2) is 45.8 Å². The van der Waals surface area contributed by atoms with Crippen LogP contribution in [0.5, 0.6) is 0 Å². The van der Waals surface area contributed by atoms with Crippen LogP contribution in [0.2, 0.25) is 0 Å². The predicted octanol–water partition coefficient (Wildman–Crippen LogP) is 2.82. The van der Waals surface area contributed by atoms with E-state index in [0.29, 0.717) is 27.5 Å². The maximum absolute atomic E-state index is 12.0. The van der Waals surface area contributed by atoms with Crippen molar-refractivity contribution in [2.75, 3.05) is 18.8 Å². The van der Waals surface area contributed by atoms with Crippen LogP contribution in [0.1, 0.15) is 24.7 Å². The van der Waals surface area contributed by atoms with Crippen molar-refractivity contribution in [1.29, 1.82) is 0 Å². The second-order valence-electron chi connectivity index (χ2n) is 5.00. The number of rotatable bonds is 9. The normalized spacial score (nSPS) is 11.9. The van der Waals surface area contributed by atoms with E-state index >= 15 is 0 Å². The lowest BCUT2D eigenvalue weighted by atomic mass is 10.1. The van der Waals surface area contributed by atoms with E-state index in [0.717, 1.165) is 5.56 Å². The molecule has 1 aromatic heterocycles. The number of aromatic nitrogens is 2. The van der Waals surface area contributed by atoms with Gasteiger partial charge in [0.2, 0.25) is 11.8 Å². The topological polar surface area (TPSA) is 89.2 Å². The molecule has 0 saturated heterocycles. The summed E-state index contributed by atoms with van der Waals surface area (Å²) in [5.74, 6) is -0.00477. The van der Waals surface area contributed by atoms with Gasteiger partial charge in [0.1, 0.15) is 5.25 Å². The highest BCUT2D eigenvalue weighted by molar-refractivity contribution is 8.04. The third-order valence-corrected chi connectivity index (χ3v) is 6.80. The van der Waals surface area contributed by atoms with Gasteiger partial charge in [-0.2, -0.15) is 0 Å². The van der Waals surface area contributed by atoms with Gasteiger partial charge in [0, 0.05) is 13.1 Å². The highest BCUT2D eigenvalue weighted by atomic mass is 32.2. The molecule has 0 aliphatic carbocycles. The van der Waals surface area contributed by atoms with Gasteiger partial charge in [-0.05, 0) is 19.4 Å². The average Bonchev–Trinajstić information content (AvgIpc) is 3.07. The molecular weight excluding hydrogens is 376 g/mol. The van der Waals surface area contributed by atoms with Gasteiger partial charge in [0.05, 0.1) is 5.75 Å². The van der Waals surface area contributed by atoms with Crippen LogP contribution >= 0.6 is 34.9 Å². The Morgan fingerprint density at radius 1 is 1.16 bits per heavy atom. The van der Waals surface area contributed by atoms with E-state index in [9.17, 15) is 9.59 Å². The van der Waals surface area contributed by atoms with Crippen LogP contribution in [0.3, 0.4) is 0 Å². The van der Waals surface area contributed by atoms with Gasteiger partial charge in [0.15, 0.2) is 8.68 Å². The fourth-order valence-corrected chi connectivity index (χ4v) is 5.18. The molecule has 6 nitrogen and oxygen atoms in total. The van der Waals surface area contributed by atoms with Crippen LogP contribution in [0, 0.1) is 0 Å². The number of nitrogens with two attached hydrogens (primary N) is 1. The molecule has 2 N–H and O–H groups in total. The Morgan fingerprint density at radius 3 is 2.40 bits per heavy atom. The van der Waals surface area contributed by atoms with Crippen LogP contribution in [0.15, 0.2) is 39.0 Å². The fraction of sp³-hybridized carbons (Fsp3) is 0.375. The quantitative estimate of drug-likeness (QED) is 0.656. The van der Waals surface area contributed by atoms with Crippen LogP contribution in [0.4, 0.5) is 0 Å². The Kier molecular flexibility index (Phi) is 7.73. The van der Waals surface area contributed by atoms with Crippen LogP contribution in [-0.2, 0) is 9.59 Å². The van der Waals surface area contributed by atoms with Crippen molar-refractivity contribution in [3.05, 3.63) is 35.9 Å². The van der Waals surface area contributed by atoms with Crippen molar-refractivity contribution < 1.29 is 9.59 Å². The van der Waals surface area contributed by atoms with Crippen LogP contribution in [0.25, 0.3) is 0 Å². The summed E-state index contributed by atoms with van der Waals surface area (Å²) >= 11 is 4.01. The Balaban J connectivity index is 1.98. The predicted molar refractivity (Wildman–Crippen MR) is 103 cm³/mol. The summed E-state index contributed by atoms with van der Waals surface area (Å²) in [6, 6.07) is 9.35. The molecule has 0 aliphatic rings. The van der Waals surface area contributed by atoms with Crippen molar-refractivity contribution in [2.45, 2.75) is 27.8 Å². The number of benzene rings is 1. The number of primary amides is 1. The minimum atomic E-state index is -0.510. The first-order valence-electron chi connectivity index (χ1n) is 7.80. The summed E-state index contributed by atoms with van der Waals surface area (Å²) in [4.78, 5) is 25.6. The third-order valence-electron chi connectivity index (χ3n) is 3.40. The van der Waals surface area contributed by atoms with Gasteiger partial charge in [-0.1, -0.05) is 65.2 Å². The van der Waals surface area contributed by atoms with E-state index in [1.165, 1.54) is 34.9 Å². The molecule has 0 spiro atoms. The maximum Gasteiger partial charge on any atom is 0.235 e. The minimum absolute atomic E-state index is 0.0821. The monoisotopic (exact) mass is 396 g/mol. The first-order valence-corrected chi connectivity index (χ1v) is 10.5. The molecular formula is C16H20N4O2S3. The van der Waals surface area contributed by atoms with Gasteiger partial charge in [-0.25, -0.2) is 0 Å². The van der Waals surface area contributed by atoms with Crippen molar-refractivity contribution in [3.8, 4) is 0 Å². The second-order valence-corrected chi connectivity index (χ2v) is 8.55. The van der Waals surface area contributed by atoms with Gasteiger partial charge >= 0.3 is 0 Å². The SMILES string of the molecule is CCN(CC)C(=O)CSc1nnc(SC(C(N)=O)c2ccccc2)s1. The highest BCUT2D eigenvalue weighted by Crippen LogP contribution is 2.38.